The van der Waals surface area contributed by atoms with E-state index in [0.717, 1.165) is 64.5 Å². The van der Waals surface area contributed by atoms with E-state index in [9.17, 15) is 5.11 Å². The average molecular weight is 480 g/mol. The largest absolute Gasteiger partial charge is 0.396 e. The summed E-state index contributed by atoms with van der Waals surface area (Å²) in [6.45, 7) is 10.4. The normalized spacial score (nSPS) is 16.5. The zero-order chi connectivity index (χ0) is 17.2. The molecule has 1 aromatic rings. The van der Waals surface area contributed by atoms with Crippen LogP contribution < -0.4 is 10.2 Å². The van der Waals surface area contributed by atoms with Crippen LogP contribution in [-0.4, -0.2) is 61.8 Å². The van der Waals surface area contributed by atoms with Crippen molar-refractivity contribution in [1.82, 2.24) is 10.2 Å². The molecule has 7 heteroatoms. The topological polar surface area (TPSA) is 51.1 Å². The van der Waals surface area contributed by atoms with E-state index >= 15 is 0 Å². The summed E-state index contributed by atoms with van der Waals surface area (Å²) in [7, 11) is 0. The standard InChI is InChI=1S/C18H32N4OS.HI/c1-3-6-16(8-13-23)15-20-18(19-4-2)22-11-9-21(10-12-22)17-7-5-14-24-17;/h5,7,14,16,23H,3-4,6,8-13,15H2,1-2H3,(H,19,20);1H. The van der Waals surface area contributed by atoms with E-state index in [1.165, 1.54) is 5.00 Å². The van der Waals surface area contributed by atoms with E-state index in [2.05, 4.69) is 46.5 Å². The maximum Gasteiger partial charge on any atom is 0.194 e. The molecule has 2 rings (SSSR count). The summed E-state index contributed by atoms with van der Waals surface area (Å²) in [6, 6.07) is 4.32. The molecule has 1 unspecified atom stereocenters. The molecular weight excluding hydrogens is 447 g/mol. The molecular formula is C18H33IN4OS. The molecule has 1 aliphatic rings. The summed E-state index contributed by atoms with van der Waals surface area (Å²) in [6.07, 6.45) is 3.13. The molecule has 0 spiro atoms. The maximum absolute atomic E-state index is 9.22. The number of aliphatic imine (C=N–C) groups is 1. The van der Waals surface area contributed by atoms with Crippen molar-refractivity contribution in [2.45, 2.75) is 33.1 Å². The third-order valence-electron chi connectivity index (χ3n) is 4.47. The Morgan fingerprint density at radius 1 is 1.28 bits per heavy atom. The van der Waals surface area contributed by atoms with Gasteiger partial charge in [0, 0.05) is 45.9 Å². The molecule has 0 bridgehead atoms. The van der Waals surface area contributed by atoms with Crippen molar-refractivity contribution in [2.24, 2.45) is 10.9 Å². The highest BCUT2D eigenvalue weighted by atomic mass is 127. The van der Waals surface area contributed by atoms with Crippen LogP contribution in [0.25, 0.3) is 0 Å². The van der Waals surface area contributed by atoms with Crippen LogP contribution in [0.1, 0.15) is 33.1 Å². The number of rotatable bonds is 8. The molecule has 0 aromatic carbocycles. The van der Waals surface area contributed by atoms with Gasteiger partial charge in [0.2, 0.25) is 0 Å². The first kappa shape index (κ1) is 22.5. The van der Waals surface area contributed by atoms with Crippen LogP contribution in [0.5, 0.6) is 0 Å². The second-order valence-electron chi connectivity index (χ2n) is 6.29. The number of anilines is 1. The van der Waals surface area contributed by atoms with Gasteiger partial charge in [-0.2, -0.15) is 0 Å². The first-order valence-electron chi connectivity index (χ1n) is 9.21. The van der Waals surface area contributed by atoms with Crippen molar-refractivity contribution in [3.8, 4) is 0 Å². The van der Waals surface area contributed by atoms with Crippen molar-refractivity contribution >= 4 is 46.3 Å². The fourth-order valence-electron chi connectivity index (χ4n) is 3.15. The van der Waals surface area contributed by atoms with Crippen LogP contribution in [0, 0.1) is 5.92 Å². The van der Waals surface area contributed by atoms with E-state index in [1.54, 1.807) is 0 Å². The monoisotopic (exact) mass is 480 g/mol. The zero-order valence-corrected chi connectivity index (χ0v) is 18.6. The van der Waals surface area contributed by atoms with Gasteiger partial charge < -0.3 is 20.2 Å². The van der Waals surface area contributed by atoms with Crippen LogP contribution in [0.3, 0.4) is 0 Å². The molecule has 144 valence electrons. The molecule has 1 fully saturated rings. The summed E-state index contributed by atoms with van der Waals surface area (Å²) in [5, 5.41) is 16.2. The Kier molecular flexibility index (Phi) is 11.5. The number of aliphatic hydroxyl groups is 1. The minimum absolute atomic E-state index is 0. The molecule has 1 aromatic heterocycles. The van der Waals surface area contributed by atoms with Crippen molar-refractivity contribution < 1.29 is 5.11 Å². The lowest BCUT2D eigenvalue weighted by Crippen LogP contribution is -2.52. The minimum Gasteiger partial charge on any atom is -0.396 e. The molecule has 2 heterocycles. The molecule has 0 saturated carbocycles. The van der Waals surface area contributed by atoms with Gasteiger partial charge in [0.15, 0.2) is 5.96 Å². The van der Waals surface area contributed by atoms with Crippen molar-refractivity contribution in [2.75, 3.05) is 50.8 Å². The smallest absolute Gasteiger partial charge is 0.194 e. The number of thiophene rings is 1. The van der Waals surface area contributed by atoms with Gasteiger partial charge in [-0.05, 0) is 43.2 Å². The third kappa shape index (κ3) is 7.30. The fraction of sp³-hybridized carbons (Fsp3) is 0.722. The molecule has 25 heavy (non-hydrogen) atoms. The number of aliphatic hydroxyl groups excluding tert-OH is 1. The molecule has 1 atom stereocenters. The molecule has 5 nitrogen and oxygen atoms in total. The lowest BCUT2D eigenvalue weighted by Gasteiger charge is -2.37. The SMILES string of the molecule is CCCC(CCO)CN=C(NCC)N1CCN(c2cccs2)CC1.I. The number of nitrogens with one attached hydrogen (secondary N) is 1. The Morgan fingerprint density at radius 3 is 2.60 bits per heavy atom. The number of hydrogen-bond donors (Lipinski definition) is 2. The minimum atomic E-state index is 0. The van der Waals surface area contributed by atoms with E-state index in [1.807, 2.05) is 11.3 Å². The second kappa shape index (κ2) is 12.8. The fourth-order valence-corrected chi connectivity index (χ4v) is 3.93. The zero-order valence-electron chi connectivity index (χ0n) is 15.5. The van der Waals surface area contributed by atoms with Gasteiger partial charge in [0.05, 0.1) is 5.00 Å². The summed E-state index contributed by atoms with van der Waals surface area (Å²) < 4.78 is 0. The first-order chi connectivity index (χ1) is 11.8. The Labute approximate surface area is 173 Å². The highest BCUT2D eigenvalue weighted by molar-refractivity contribution is 14.0. The van der Waals surface area contributed by atoms with Crippen LogP contribution in [0.2, 0.25) is 0 Å². The molecule has 1 saturated heterocycles. The van der Waals surface area contributed by atoms with Crippen molar-refractivity contribution in [3.05, 3.63) is 17.5 Å². The highest BCUT2D eigenvalue weighted by Gasteiger charge is 2.20. The molecule has 0 amide bonds. The molecule has 2 N–H and O–H groups in total. The summed E-state index contributed by atoms with van der Waals surface area (Å²) in [4.78, 5) is 9.69. The maximum atomic E-state index is 9.22. The lowest BCUT2D eigenvalue weighted by molar-refractivity contribution is 0.253. The Hall–Kier alpha value is -0.540. The highest BCUT2D eigenvalue weighted by Crippen LogP contribution is 2.22. The number of nitrogens with zero attached hydrogens (tertiary/aromatic N) is 3. The van der Waals surface area contributed by atoms with Gasteiger partial charge >= 0.3 is 0 Å². The Bertz CT molecular complexity index is 469. The van der Waals surface area contributed by atoms with Crippen LogP contribution in [0.15, 0.2) is 22.5 Å². The van der Waals surface area contributed by atoms with Gasteiger partial charge in [0.1, 0.15) is 0 Å². The Morgan fingerprint density at radius 2 is 2.04 bits per heavy atom. The predicted molar refractivity (Wildman–Crippen MR) is 120 cm³/mol. The third-order valence-corrected chi connectivity index (χ3v) is 5.39. The van der Waals surface area contributed by atoms with Gasteiger partial charge in [-0.3, -0.25) is 4.99 Å². The first-order valence-corrected chi connectivity index (χ1v) is 10.1. The second-order valence-corrected chi connectivity index (χ2v) is 7.21. The number of guanidine groups is 1. The van der Waals surface area contributed by atoms with Crippen molar-refractivity contribution in [1.29, 1.82) is 0 Å². The van der Waals surface area contributed by atoms with Gasteiger partial charge in [0.25, 0.3) is 0 Å². The quantitative estimate of drug-likeness (QED) is 0.341. The molecule has 0 radical (unpaired) electrons. The van der Waals surface area contributed by atoms with E-state index in [0.29, 0.717) is 5.92 Å². The average Bonchev–Trinajstić information content (AvgIpc) is 3.13. The summed E-state index contributed by atoms with van der Waals surface area (Å²) in [5.41, 5.74) is 0. The predicted octanol–water partition coefficient (Wildman–Crippen LogP) is 3.25. The van der Waals surface area contributed by atoms with Gasteiger partial charge in [-0.15, -0.1) is 35.3 Å². The van der Waals surface area contributed by atoms with Crippen LogP contribution >= 0.6 is 35.3 Å². The Balaban J connectivity index is 0.00000312. The summed E-state index contributed by atoms with van der Waals surface area (Å²) in [5.74, 6) is 1.52. The lowest BCUT2D eigenvalue weighted by atomic mass is 10.0. The molecule has 1 aliphatic heterocycles. The summed E-state index contributed by atoms with van der Waals surface area (Å²) >= 11 is 1.81. The van der Waals surface area contributed by atoms with Gasteiger partial charge in [-0.1, -0.05) is 13.3 Å². The van der Waals surface area contributed by atoms with E-state index in [4.69, 9.17) is 4.99 Å². The number of halogens is 1. The van der Waals surface area contributed by atoms with Crippen LogP contribution in [-0.2, 0) is 0 Å². The van der Waals surface area contributed by atoms with Gasteiger partial charge in [-0.25, -0.2) is 0 Å². The molecule has 0 aliphatic carbocycles. The van der Waals surface area contributed by atoms with E-state index in [-0.39, 0.29) is 30.6 Å². The van der Waals surface area contributed by atoms with E-state index < -0.39 is 0 Å². The number of hydrogen-bond acceptors (Lipinski definition) is 4. The van der Waals surface area contributed by atoms with Crippen molar-refractivity contribution in [3.63, 3.8) is 0 Å². The number of piperazine rings is 1. The van der Waals surface area contributed by atoms with Crippen LogP contribution in [0.4, 0.5) is 5.00 Å².